The maximum atomic E-state index is 6.24. The van der Waals surface area contributed by atoms with Crippen molar-refractivity contribution in [2.45, 2.75) is 29.3 Å². The zero-order valence-corrected chi connectivity index (χ0v) is 11.6. The molecule has 2 N–H and O–H groups in total. The van der Waals surface area contributed by atoms with Crippen molar-refractivity contribution >= 4 is 23.4 Å². The second-order valence-corrected chi connectivity index (χ2v) is 5.52. The van der Waals surface area contributed by atoms with Crippen molar-refractivity contribution in [2.75, 3.05) is 0 Å². The quantitative estimate of drug-likeness (QED) is 0.874. The van der Waals surface area contributed by atoms with E-state index in [2.05, 4.69) is 9.97 Å². The van der Waals surface area contributed by atoms with Crippen LogP contribution in [0.5, 0.6) is 0 Å². The molecule has 1 unspecified atom stereocenters. The van der Waals surface area contributed by atoms with Crippen molar-refractivity contribution in [1.82, 2.24) is 9.97 Å². The molecule has 1 heterocycles. The highest BCUT2D eigenvalue weighted by molar-refractivity contribution is 7.99. The fraction of sp³-hybridized carbons (Fsp3) is 0.231. The SMILES string of the molecule is CC(N)Cc1c(Cl)cccc1Sc1ccncn1. The fourth-order valence-corrected chi connectivity index (χ4v) is 2.83. The minimum atomic E-state index is 0.0784. The zero-order valence-electron chi connectivity index (χ0n) is 10.0. The van der Waals surface area contributed by atoms with Gasteiger partial charge in [0.15, 0.2) is 0 Å². The molecule has 0 bridgehead atoms. The number of halogens is 1. The topological polar surface area (TPSA) is 51.8 Å². The monoisotopic (exact) mass is 279 g/mol. The van der Waals surface area contributed by atoms with Crippen LogP contribution in [0.3, 0.4) is 0 Å². The Balaban J connectivity index is 2.30. The first-order valence-corrected chi connectivity index (χ1v) is 6.83. The molecule has 0 spiro atoms. The standard InChI is InChI=1S/C13H14ClN3S/c1-9(15)7-10-11(14)3-2-4-12(10)18-13-5-6-16-8-17-13/h2-6,8-9H,7,15H2,1H3. The van der Waals surface area contributed by atoms with Crippen molar-refractivity contribution in [3.8, 4) is 0 Å². The molecule has 1 aromatic heterocycles. The smallest absolute Gasteiger partial charge is 0.116 e. The highest BCUT2D eigenvalue weighted by atomic mass is 35.5. The van der Waals surface area contributed by atoms with Crippen LogP contribution in [0.2, 0.25) is 5.02 Å². The molecular formula is C13H14ClN3S. The fourth-order valence-electron chi connectivity index (χ4n) is 1.61. The van der Waals surface area contributed by atoms with E-state index >= 15 is 0 Å². The van der Waals surface area contributed by atoms with Crippen molar-refractivity contribution < 1.29 is 0 Å². The Morgan fingerprint density at radius 1 is 1.39 bits per heavy atom. The summed E-state index contributed by atoms with van der Waals surface area (Å²) in [4.78, 5) is 9.20. The van der Waals surface area contributed by atoms with E-state index in [-0.39, 0.29) is 6.04 Å². The van der Waals surface area contributed by atoms with Gasteiger partial charge in [0.25, 0.3) is 0 Å². The summed E-state index contributed by atoms with van der Waals surface area (Å²) in [6, 6.07) is 7.83. The largest absolute Gasteiger partial charge is 0.328 e. The average Bonchev–Trinajstić information content (AvgIpc) is 2.34. The number of rotatable bonds is 4. The van der Waals surface area contributed by atoms with Crippen LogP contribution in [0.4, 0.5) is 0 Å². The first-order chi connectivity index (χ1) is 8.66. The minimum Gasteiger partial charge on any atom is -0.328 e. The molecule has 1 aromatic carbocycles. The van der Waals surface area contributed by atoms with E-state index in [0.29, 0.717) is 0 Å². The van der Waals surface area contributed by atoms with Crippen LogP contribution in [0.25, 0.3) is 0 Å². The van der Waals surface area contributed by atoms with Crippen LogP contribution in [-0.2, 0) is 6.42 Å². The molecule has 0 aliphatic heterocycles. The molecule has 2 rings (SSSR count). The van der Waals surface area contributed by atoms with Crippen LogP contribution in [0, 0.1) is 0 Å². The Morgan fingerprint density at radius 2 is 2.22 bits per heavy atom. The number of hydrogen-bond acceptors (Lipinski definition) is 4. The maximum absolute atomic E-state index is 6.24. The highest BCUT2D eigenvalue weighted by Gasteiger charge is 2.10. The second kappa shape index (κ2) is 6.18. The molecular weight excluding hydrogens is 266 g/mol. The first-order valence-electron chi connectivity index (χ1n) is 5.63. The van der Waals surface area contributed by atoms with Crippen LogP contribution in [0.15, 0.2) is 46.7 Å². The molecule has 0 fully saturated rings. The second-order valence-electron chi connectivity index (χ2n) is 4.05. The van der Waals surface area contributed by atoms with Gasteiger partial charge in [-0.05, 0) is 37.1 Å². The van der Waals surface area contributed by atoms with Gasteiger partial charge in [0.05, 0.1) is 0 Å². The van der Waals surface area contributed by atoms with Crippen LogP contribution < -0.4 is 5.73 Å². The molecule has 5 heteroatoms. The van der Waals surface area contributed by atoms with Crippen LogP contribution >= 0.6 is 23.4 Å². The van der Waals surface area contributed by atoms with Gasteiger partial charge in [0, 0.05) is 22.2 Å². The van der Waals surface area contributed by atoms with Gasteiger partial charge in [0.1, 0.15) is 11.4 Å². The van der Waals surface area contributed by atoms with Crippen molar-refractivity contribution in [3.63, 3.8) is 0 Å². The number of hydrogen-bond donors (Lipinski definition) is 1. The summed E-state index contributed by atoms with van der Waals surface area (Å²) >= 11 is 7.82. The third kappa shape index (κ3) is 3.45. The van der Waals surface area contributed by atoms with Gasteiger partial charge in [0.2, 0.25) is 0 Å². The van der Waals surface area contributed by atoms with E-state index < -0.39 is 0 Å². The lowest BCUT2D eigenvalue weighted by Crippen LogP contribution is -2.18. The average molecular weight is 280 g/mol. The molecule has 0 aliphatic carbocycles. The van der Waals surface area contributed by atoms with E-state index in [1.165, 1.54) is 6.33 Å². The molecule has 2 aromatic rings. The summed E-state index contributed by atoms with van der Waals surface area (Å²) in [6.45, 7) is 1.97. The molecule has 0 radical (unpaired) electrons. The summed E-state index contributed by atoms with van der Waals surface area (Å²) in [5, 5.41) is 1.66. The van der Waals surface area contributed by atoms with Gasteiger partial charge in [-0.3, -0.25) is 0 Å². The number of nitrogens with two attached hydrogens (primary N) is 1. The van der Waals surface area contributed by atoms with Crippen molar-refractivity contribution in [3.05, 3.63) is 47.4 Å². The Labute approximate surface area is 116 Å². The molecule has 3 nitrogen and oxygen atoms in total. The zero-order chi connectivity index (χ0) is 13.0. The number of benzene rings is 1. The Kier molecular flexibility index (Phi) is 4.58. The van der Waals surface area contributed by atoms with E-state index in [9.17, 15) is 0 Å². The van der Waals surface area contributed by atoms with E-state index in [4.69, 9.17) is 17.3 Å². The summed E-state index contributed by atoms with van der Waals surface area (Å²) in [5.74, 6) is 0. The Morgan fingerprint density at radius 3 is 2.89 bits per heavy atom. The molecule has 94 valence electrons. The molecule has 18 heavy (non-hydrogen) atoms. The Hall–Kier alpha value is -1.10. The normalized spacial score (nSPS) is 12.4. The third-order valence-electron chi connectivity index (χ3n) is 2.37. The predicted molar refractivity (Wildman–Crippen MR) is 75.0 cm³/mol. The lowest BCUT2D eigenvalue weighted by molar-refractivity contribution is 0.729. The van der Waals surface area contributed by atoms with Gasteiger partial charge < -0.3 is 5.73 Å². The molecule has 1 atom stereocenters. The van der Waals surface area contributed by atoms with Gasteiger partial charge >= 0.3 is 0 Å². The third-order valence-corrected chi connectivity index (χ3v) is 3.78. The van der Waals surface area contributed by atoms with Gasteiger partial charge in [-0.2, -0.15) is 0 Å². The van der Waals surface area contributed by atoms with Crippen molar-refractivity contribution in [1.29, 1.82) is 0 Å². The van der Waals surface area contributed by atoms with Crippen LogP contribution in [0.1, 0.15) is 12.5 Å². The van der Waals surface area contributed by atoms with Gasteiger partial charge in [-0.15, -0.1) is 0 Å². The Bertz CT molecular complexity index is 517. The summed E-state index contributed by atoms with van der Waals surface area (Å²) in [7, 11) is 0. The minimum absolute atomic E-state index is 0.0784. The molecule has 0 saturated heterocycles. The number of nitrogens with zero attached hydrogens (tertiary/aromatic N) is 2. The predicted octanol–water partition coefficient (Wildman–Crippen LogP) is 3.17. The number of aromatic nitrogens is 2. The highest BCUT2D eigenvalue weighted by Crippen LogP contribution is 2.33. The van der Waals surface area contributed by atoms with Crippen LogP contribution in [-0.4, -0.2) is 16.0 Å². The molecule has 0 aliphatic rings. The van der Waals surface area contributed by atoms with Gasteiger partial charge in [-0.25, -0.2) is 9.97 Å². The lowest BCUT2D eigenvalue weighted by atomic mass is 10.1. The maximum Gasteiger partial charge on any atom is 0.116 e. The van der Waals surface area contributed by atoms with Crippen molar-refractivity contribution in [2.24, 2.45) is 5.73 Å². The van der Waals surface area contributed by atoms with E-state index in [1.54, 1.807) is 18.0 Å². The summed E-state index contributed by atoms with van der Waals surface area (Å²) in [5.41, 5.74) is 6.94. The lowest BCUT2D eigenvalue weighted by Gasteiger charge is -2.12. The summed E-state index contributed by atoms with van der Waals surface area (Å²) < 4.78 is 0. The first kappa shape index (κ1) is 13.3. The van der Waals surface area contributed by atoms with E-state index in [0.717, 1.165) is 26.9 Å². The van der Waals surface area contributed by atoms with E-state index in [1.807, 2.05) is 31.2 Å². The molecule has 0 saturated carbocycles. The molecule has 0 amide bonds. The van der Waals surface area contributed by atoms with Gasteiger partial charge in [-0.1, -0.05) is 29.4 Å². The summed E-state index contributed by atoms with van der Waals surface area (Å²) in [6.07, 6.45) is 4.02.